The second-order valence-corrected chi connectivity index (χ2v) is 5.96. The fourth-order valence-electron chi connectivity index (χ4n) is 1.94. The predicted molar refractivity (Wildman–Crippen MR) is 82.8 cm³/mol. The minimum Gasteiger partial charge on any atom is -1.00 e. The van der Waals surface area contributed by atoms with E-state index in [2.05, 4.69) is 5.32 Å². The Labute approximate surface area is 137 Å². The summed E-state index contributed by atoms with van der Waals surface area (Å²) in [6.07, 6.45) is -0.462. The third-order valence-corrected chi connectivity index (χ3v) is 3.48. The third kappa shape index (κ3) is 4.85. The van der Waals surface area contributed by atoms with Gasteiger partial charge in [-0.1, -0.05) is 24.3 Å². The van der Waals surface area contributed by atoms with Crippen molar-refractivity contribution in [2.75, 3.05) is 6.61 Å². The number of aliphatic hydroxyl groups excluding tert-OH is 2. The molecule has 0 aliphatic rings. The lowest BCUT2D eigenvalue weighted by molar-refractivity contribution is -0.00000783. The van der Waals surface area contributed by atoms with Crippen molar-refractivity contribution >= 4 is 0 Å². The van der Waals surface area contributed by atoms with Crippen molar-refractivity contribution in [3.8, 4) is 11.3 Å². The molecular weight excluding hydrogens is 302 g/mol. The molecule has 0 amide bonds. The highest BCUT2D eigenvalue weighted by Crippen LogP contribution is 2.24. The molecular formula is C17H23ClNO3-. The lowest BCUT2D eigenvalue weighted by Gasteiger charge is -2.22. The molecule has 1 heterocycles. The summed E-state index contributed by atoms with van der Waals surface area (Å²) in [4.78, 5) is 0. The van der Waals surface area contributed by atoms with E-state index in [0.29, 0.717) is 6.54 Å². The van der Waals surface area contributed by atoms with Crippen LogP contribution < -0.4 is 17.7 Å². The first kappa shape index (κ1) is 18.7. The van der Waals surface area contributed by atoms with Crippen LogP contribution in [0.3, 0.4) is 0 Å². The highest BCUT2D eigenvalue weighted by atomic mass is 35.5. The standard InChI is InChI=1S/C17H23NO3.ClH/c1-12(20)13-4-6-14(7-5-13)16-9-8-15(21-16)10-18-17(2,3)11-19;/h4-9,12,18-20H,10-11H2,1-3H3;1H/p-1. The number of benzene rings is 1. The first-order valence-corrected chi connectivity index (χ1v) is 7.14. The van der Waals surface area contributed by atoms with Gasteiger partial charge in [-0.3, -0.25) is 0 Å². The minimum absolute atomic E-state index is 0. The van der Waals surface area contributed by atoms with Crippen LogP contribution in [0.25, 0.3) is 11.3 Å². The fraction of sp³-hybridized carbons (Fsp3) is 0.412. The zero-order valence-corrected chi connectivity index (χ0v) is 13.9. The van der Waals surface area contributed by atoms with Crippen LogP contribution in [0, 0.1) is 0 Å². The molecule has 22 heavy (non-hydrogen) atoms. The van der Waals surface area contributed by atoms with E-state index in [1.54, 1.807) is 6.92 Å². The second kappa shape index (κ2) is 7.79. The lowest BCUT2D eigenvalue weighted by Crippen LogP contribution is -3.00. The normalized spacial score (nSPS) is 12.8. The van der Waals surface area contributed by atoms with Crippen molar-refractivity contribution in [1.29, 1.82) is 0 Å². The van der Waals surface area contributed by atoms with E-state index in [1.165, 1.54) is 0 Å². The number of rotatable bonds is 6. The molecule has 1 aromatic heterocycles. The Kier molecular flexibility index (Phi) is 6.63. The van der Waals surface area contributed by atoms with Crippen LogP contribution in [0.5, 0.6) is 0 Å². The summed E-state index contributed by atoms with van der Waals surface area (Å²) in [7, 11) is 0. The molecule has 0 spiro atoms. The van der Waals surface area contributed by atoms with E-state index in [-0.39, 0.29) is 24.6 Å². The molecule has 122 valence electrons. The van der Waals surface area contributed by atoms with Gasteiger partial charge in [0.2, 0.25) is 0 Å². The lowest BCUT2D eigenvalue weighted by atomic mass is 10.1. The molecule has 3 N–H and O–H groups in total. The Morgan fingerprint density at radius 2 is 1.77 bits per heavy atom. The van der Waals surface area contributed by atoms with Crippen molar-refractivity contribution < 1.29 is 27.0 Å². The molecule has 1 aromatic carbocycles. The Morgan fingerprint density at radius 1 is 1.14 bits per heavy atom. The van der Waals surface area contributed by atoms with Crippen molar-refractivity contribution in [3.63, 3.8) is 0 Å². The van der Waals surface area contributed by atoms with Gasteiger partial charge in [-0.15, -0.1) is 0 Å². The molecule has 0 bridgehead atoms. The van der Waals surface area contributed by atoms with Gasteiger partial charge in [-0.2, -0.15) is 0 Å². The summed E-state index contributed by atoms with van der Waals surface area (Å²) in [6.45, 7) is 6.26. The highest BCUT2D eigenvalue weighted by Gasteiger charge is 2.16. The number of furan rings is 1. The molecule has 4 nitrogen and oxygen atoms in total. The minimum atomic E-state index is -0.462. The summed E-state index contributed by atoms with van der Waals surface area (Å²) >= 11 is 0. The first-order valence-electron chi connectivity index (χ1n) is 7.14. The van der Waals surface area contributed by atoms with Crippen molar-refractivity contribution in [1.82, 2.24) is 5.32 Å². The topological polar surface area (TPSA) is 65.6 Å². The van der Waals surface area contributed by atoms with Crippen LogP contribution in [0.2, 0.25) is 0 Å². The molecule has 0 fully saturated rings. The summed E-state index contributed by atoms with van der Waals surface area (Å²) in [5.41, 5.74) is 1.54. The molecule has 0 radical (unpaired) electrons. The summed E-state index contributed by atoms with van der Waals surface area (Å²) in [5.74, 6) is 1.62. The van der Waals surface area contributed by atoms with E-state index >= 15 is 0 Å². The number of aliphatic hydroxyl groups is 2. The second-order valence-electron chi connectivity index (χ2n) is 5.96. The number of hydrogen-bond donors (Lipinski definition) is 3. The Hall–Kier alpha value is -1.33. The molecule has 1 atom stereocenters. The van der Waals surface area contributed by atoms with Gasteiger partial charge in [0.15, 0.2) is 0 Å². The van der Waals surface area contributed by atoms with Crippen molar-refractivity contribution in [3.05, 3.63) is 47.7 Å². The Bertz CT molecular complexity index is 576. The van der Waals surface area contributed by atoms with Gasteiger partial charge in [-0.25, -0.2) is 0 Å². The van der Waals surface area contributed by atoms with Gasteiger partial charge in [0.25, 0.3) is 0 Å². The average molecular weight is 325 g/mol. The van der Waals surface area contributed by atoms with E-state index in [4.69, 9.17) is 4.42 Å². The Balaban J connectivity index is 0.00000242. The van der Waals surface area contributed by atoms with Crippen molar-refractivity contribution in [2.24, 2.45) is 0 Å². The van der Waals surface area contributed by atoms with Crippen molar-refractivity contribution in [2.45, 2.75) is 39.0 Å². The number of nitrogens with one attached hydrogen (secondary N) is 1. The van der Waals surface area contributed by atoms with Crippen LogP contribution in [-0.2, 0) is 6.54 Å². The number of hydrogen-bond acceptors (Lipinski definition) is 4. The monoisotopic (exact) mass is 324 g/mol. The van der Waals surface area contributed by atoms with Crippen LogP contribution in [0.1, 0.15) is 38.2 Å². The van der Waals surface area contributed by atoms with E-state index < -0.39 is 6.10 Å². The molecule has 0 aliphatic heterocycles. The largest absolute Gasteiger partial charge is 1.00 e. The molecule has 0 saturated carbocycles. The van der Waals surface area contributed by atoms with E-state index in [0.717, 1.165) is 22.6 Å². The molecule has 0 aliphatic carbocycles. The highest BCUT2D eigenvalue weighted by molar-refractivity contribution is 5.58. The van der Waals surface area contributed by atoms with Gasteiger partial charge in [-0.05, 0) is 38.5 Å². The van der Waals surface area contributed by atoms with Crippen LogP contribution in [0.15, 0.2) is 40.8 Å². The first-order chi connectivity index (χ1) is 9.91. The van der Waals surface area contributed by atoms with Gasteiger partial charge in [0.1, 0.15) is 11.5 Å². The maximum Gasteiger partial charge on any atom is 0.134 e. The third-order valence-electron chi connectivity index (χ3n) is 3.48. The molecule has 0 saturated heterocycles. The van der Waals surface area contributed by atoms with E-state index in [9.17, 15) is 10.2 Å². The molecule has 2 aromatic rings. The predicted octanol–water partition coefficient (Wildman–Crippen LogP) is -0.136. The smallest absolute Gasteiger partial charge is 0.134 e. The van der Waals surface area contributed by atoms with Crippen LogP contribution in [0.4, 0.5) is 0 Å². The molecule has 2 rings (SSSR count). The summed E-state index contributed by atoms with van der Waals surface area (Å²) in [6, 6.07) is 11.5. The summed E-state index contributed by atoms with van der Waals surface area (Å²) < 4.78 is 5.80. The zero-order chi connectivity index (χ0) is 15.5. The maximum atomic E-state index is 9.51. The quantitative estimate of drug-likeness (QED) is 0.692. The van der Waals surface area contributed by atoms with Crippen LogP contribution >= 0.6 is 0 Å². The van der Waals surface area contributed by atoms with Gasteiger partial charge >= 0.3 is 0 Å². The van der Waals surface area contributed by atoms with Crippen LogP contribution in [-0.4, -0.2) is 22.4 Å². The molecule has 1 unspecified atom stereocenters. The van der Waals surface area contributed by atoms with Gasteiger partial charge < -0.3 is 32.4 Å². The van der Waals surface area contributed by atoms with Gasteiger partial charge in [0.05, 0.1) is 19.3 Å². The number of halogens is 1. The SMILES string of the molecule is CC(O)c1ccc(-c2ccc(CNC(C)(C)CO)o2)cc1.[Cl-]. The van der Waals surface area contributed by atoms with E-state index in [1.807, 2.05) is 50.2 Å². The average Bonchev–Trinajstić information content (AvgIpc) is 2.94. The zero-order valence-electron chi connectivity index (χ0n) is 13.1. The summed E-state index contributed by atoms with van der Waals surface area (Å²) in [5, 5.41) is 22.0. The maximum absolute atomic E-state index is 9.51. The molecule has 5 heteroatoms. The fourth-order valence-corrected chi connectivity index (χ4v) is 1.94. The Morgan fingerprint density at radius 3 is 2.32 bits per heavy atom. The van der Waals surface area contributed by atoms with Gasteiger partial charge in [0, 0.05) is 11.1 Å².